The molecule has 6 heteroatoms. The lowest BCUT2D eigenvalue weighted by Gasteiger charge is -2.24. The standard InChI is InChI=1S/C14H23NO4S/c1-5-12-6-7-14(8-13(12)9-16)20(17,18)15(3)11(2)10-19-4/h6-8,11,16H,5,9-10H2,1-4H3. The van der Waals surface area contributed by atoms with Crippen molar-refractivity contribution in [2.45, 2.75) is 37.8 Å². The lowest BCUT2D eigenvalue weighted by atomic mass is 10.1. The zero-order chi connectivity index (χ0) is 15.3. The molecule has 1 aromatic rings. The Morgan fingerprint density at radius 2 is 2.00 bits per heavy atom. The number of sulfonamides is 1. The van der Waals surface area contributed by atoms with Crippen molar-refractivity contribution >= 4 is 10.0 Å². The van der Waals surface area contributed by atoms with Gasteiger partial charge < -0.3 is 9.84 Å². The second-order valence-electron chi connectivity index (χ2n) is 4.77. The molecule has 0 bridgehead atoms. The minimum Gasteiger partial charge on any atom is -0.392 e. The molecule has 0 saturated carbocycles. The molecule has 1 atom stereocenters. The number of rotatable bonds is 7. The first-order chi connectivity index (χ1) is 9.38. The van der Waals surface area contributed by atoms with E-state index >= 15 is 0 Å². The van der Waals surface area contributed by atoms with Gasteiger partial charge in [-0.25, -0.2) is 8.42 Å². The maximum atomic E-state index is 12.5. The fraction of sp³-hybridized carbons (Fsp3) is 0.571. The van der Waals surface area contributed by atoms with Crippen LogP contribution < -0.4 is 0 Å². The molecule has 0 spiro atoms. The van der Waals surface area contributed by atoms with E-state index in [0.29, 0.717) is 12.2 Å². The Balaban J connectivity index is 3.15. The van der Waals surface area contributed by atoms with Crippen LogP contribution in [0.4, 0.5) is 0 Å². The number of aliphatic hydroxyl groups is 1. The first-order valence-electron chi connectivity index (χ1n) is 6.58. The van der Waals surface area contributed by atoms with Crippen molar-refractivity contribution < 1.29 is 18.3 Å². The average molecular weight is 301 g/mol. The van der Waals surface area contributed by atoms with Crippen LogP contribution in [0.15, 0.2) is 23.1 Å². The predicted molar refractivity (Wildman–Crippen MR) is 78.0 cm³/mol. The number of methoxy groups -OCH3 is 1. The van der Waals surface area contributed by atoms with Crippen molar-refractivity contribution in [3.05, 3.63) is 29.3 Å². The predicted octanol–water partition coefficient (Wildman–Crippen LogP) is 1.40. The molecule has 0 aromatic heterocycles. The van der Waals surface area contributed by atoms with E-state index in [0.717, 1.165) is 12.0 Å². The first kappa shape index (κ1) is 17.1. The van der Waals surface area contributed by atoms with Crippen LogP contribution in [0.2, 0.25) is 0 Å². The second-order valence-corrected chi connectivity index (χ2v) is 6.77. The summed E-state index contributed by atoms with van der Waals surface area (Å²) >= 11 is 0. The molecule has 0 fully saturated rings. The molecule has 1 rings (SSSR count). The van der Waals surface area contributed by atoms with Gasteiger partial charge in [0.1, 0.15) is 0 Å². The van der Waals surface area contributed by atoms with E-state index in [9.17, 15) is 13.5 Å². The van der Waals surface area contributed by atoms with Crippen LogP contribution in [0.25, 0.3) is 0 Å². The van der Waals surface area contributed by atoms with Crippen LogP contribution in [0.5, 0.6) is 0 Å². The number of likely N-dealkylation sites (N-methyl/N-ethyl adjacent to an activating group) is 1. The molecule has 0 heterocycles. The summed E-state index contributed by atoms with van der Waals surface area (Å²) in [7, 11) is -0.504. The van der Waals surface area contributed by atoms with E-state index in [2.05, 4.69) is 0 Å². The summed E-state index contributed by atoms with van der Waals surface area (Å²) < 4.78 is 31.3. The van der Waals surface area contributed by atoms with Gasteiger partial charge in [-0.15, -0.1) is 0 Å². The molecule has 5 nitrogen and oxygen atoms in total. The summed E-state index contributed by atoms with van der Waals surface area (Å²) in [4.78, 5) is 0.198. The highest BCUT2D eigenvalue weighted by Gasteiger charge is 2.25. The SMILES string of the molecule is CCc1ccc(S(=O)(=O)N(C)C(C)COC)cc1CO. The Kier molecular flexibility index (Phi) is 6.13. The zero-order valence-electron chi connectivity index (χ0n) is 12.5. The van der Waals surface area contributed by atoms with Crippen LogP contribution in [-0.2, 0) is 27.8 Å². The first-order valence-corrected chi connectivity index (χ1v) is 8.02. The molecule has 0 aliphatic rings. The summed E-state index contributed by atoms with van der Waals surface area (Å²) in [5.41, 5.74) is 1.61. The third kappa shape index (κ3) is 3.58. The number of aliphatic hydroxyl groups excluding tert-OH is 1. The van der Waals surface area contributed by atoms with Gasteiger partial charge in [0.05, 0.1) is 18.1 Å². The molecule has 0 radical (unpaired) electrons. The van der Waals surface area contributed by atoms with Crippen molar-refractivity contribution in [2.75, 3.05) is 20.8 Å². The van der Waals surface area contributed by atoms with E-state index < -0.39 is 10.0 Å². The van der Waals surface area contributed by atoms with Crippen molar-refractivity contribution in [2.24, 2.45) is 0 Å². The van der Waals surface area contributed by atoms with E-state index in [1.807, 2.05) is 6.92 Å². The normalized spacial score (nSPS) is 13.7. The van der Waals surface area contributed by atoms with E-state index in [1.165, 1.54) is 18.5 Å². The number of ether oxygens (including phenoxy) is 1. The van der Waals surface area contributed by atoms with E-state index in [4.69, 9.17) is 4.74 Å². The van der Waals surface area contributed by atoms with Gasteiger partial charge in [0.2, 0.25) is 10.0 Å². The third-order valence-corrected chi connectivity index (χ3v) is 5.40. The van der Waals surface area contributed by atoms with Gasteiger partial charge in [-0.3, -0.25) is 0 Å². The molecule has 0 amide bonds. The van der Waals surface area contributed by atoms with Crippen LogP contribution in [-0.4, -0.2) is 44.6 Å². The maximum absolute atomic E-state index is 12.5. The lowest BCUT2D eigenvalue weighted by molar-refractivity contribution is 0.149. The van der Waals surface area contributed by atoms with Crippen molar-refractivity contribution in [3.63, 3.8) is 0 Å². The monoisotopic (exact) mass is 301 g/mol. The summed E-state index contributed by atoms with van der Waals surface area (Å²) in [6.07, 6.45) is 0.756. The Bertz CT molecular complexity index is 542. The molecular weight excluding hydrogens is 278 g/mol. The van der Waals surface area contributed by atoms with Gasteiger partial charge in [-0.05, 0) is 36.6 Å². The average Bonchev–Trinajstić information content (AvgIpc) is 2.45. The number of aryl methyl sites for hydroxylation is 1. The molecule has 0 aliphatic heterocycles. The molecule has 0 saturated heterocycles. The molecule has 1 aromatic carbocycles. The topological polar surface area (TPSA) is 66.8 Å². The fourth-order valence-electron chi connectivity index (χ4n) is 2.00. The number of hydrogen-bond donors (Lipinski definition) is 1. The van der Waals surface area contributed by atoms with Crippen molar-refractivity contribution in [1.29, 1.82) is 0 Å². The van der Waals surface area contributed by atoms with Gasteiger partial charge in [-0.2, -0.15) is 4.31 Å². The fourth-order valence-corrected chi connectivity index (χ4v) is 3.40. The van der Waals surface area contributed by atoms with Gasteiger partial charge in [0, 0.05) is 20.2 Å². The highest BCUT2D eigenvalue weighted by atomic mass is 32.2. The van der Waals surface area contributed by atoms with Crippen molar-refractivity contribution in [3.8, 4) is 0 Å². The minimum atomic E-state index is -3.58. The van der Waals surface area contributed by atoms with Crippen LogP contribution >= 0.6 is 0 Å². The van der Waals surface area contributed by atoms with E-state index in [1.54, 1.807) is 25.1 Å². The maximum Gasteiger partial charge on any atom is 0.243 e. The number of hydrogen-bond acceptors (Lipinski definition) is 4. The smallest absolute Gasteiger partial charge is 0.243 e. The highest BCUT2D eigenvalue weighted by molar-refractivity contribution is 7.89. The quantitative estimate of drug-likeness (QED) is 0.826. The summed E-state index contributed by atoms with van der Waals surface area (Å²) in [5, 5.41) is 9.34. The van der Waals surface area contributed by atoms with E-state index in [-0.39, 0.29) is 17.5 Å². The lowest BCUT2D eigenvalue weighted by Crippen LogP contribution is -2.37. The Morgan fingerprint density at radius 3 is 2.50 bits per heavy atom. The Labute approximate surface area is 121 Å². The molecule has 1 unspecified atom stereocenters. The molecule has 114 valence electrons. The van der Waals surface area contributed by atoms with Crippen molar-refractivity contribution in [1.82, 2.24) is 4.31 Å². The van der Waals surface area contributed by atoms with Gasteiger partial charge in [0.15, 0.2) is 0 Å². The van der Waals surface area contributed by atoms with Gasteiger partial charge in [0.25, 0.3) is 0 Å². The van der Waals surface area contributed by atoms with Gasteiger partial charge in [-0.1, -0.05) is 13.0 Å². The molecule has 1 N–H and O–H groups in total. The van der Waals surface area contributed by atoms with Gasteiger partial charge >= 0.3 is 0 Å². The molecule has 0 aliphatic carbocycles. The number of nitrogens with zero attached hydrogens (tertiary/aromatic N) is 1. The second kappa shape index (κ2) is 7.17. The minimum absolute atomic E-state index is 0.163. The van der Waals surface area contributed by atoms with Crippen LogP contribution in [0.1, 0.15) is 25.0 Å². The summed E-state index contributed by atoms with van der Waals surface area (Å²) in [6.45, 7) is 3.92. The Morgan fingerprint density at radius 1 is 1.35 bits per heavy atom. The largest absolute Gasteiger partial charge is 0.392 e. The zero-order valence-corrected chi connectivity index (χ0v) is 13.3. The van der Waals surface area contributed by atoms with Crippen LogP contribution in [0, 0.1) is 0 Å². The Hall–Kier alpha value is -0.950. The molecule has 20 heavy (non-hydrogen) atoms. The van der Waals surface area contributed by atoms with Crippen LogP contribution in [0.3, 0.4) is 0 Å². The third-order valence-electron chi connectivity index (χ3n) is 3.43. The number of benzene rings is 1. The summed E-state index contributed by atoms with van der Waals surface area (Å²) in [5.74, 6) is 0. The summed E-state index contributed by atoms with van der Waals surface area (Å²) in [6, 6.07) is 4.63. The molecular formula is C14H23NO4S. The highest BCUT2D eigenvalue weighted by Crippen LogP contribution is 2.21.